The van der Waals surface area contributed by atoms with Crippen LogP contribution < -0.4 is 9.47 Å². The zero-order valence-electron chi connectivity index (χ0n) is 17.8. The highest BCUT2D eigenvalue weighted by Crippen LogP contribution is 2.45. The molecule has 1 aliphatic heterocycles. The number of phenols is 1. The summed E-state index contributed by atoms with van der Waals surface area (Å²) < 4.78 is 17.0. The van der Waals surface area contributed by atoms with Gasteiger partial charge < -0.3 is 24.4 Å². The lowest BCUT2D eigenvalue weighted by Crippen LogP contribution is -2.15. The largest absolute Gasteiger partial charge is 0.504 e. The van der Waals surface area contributed by atoms with Crippen LogP contribution in [0.2, 0.25) is 0 Å². The maximum atomic E-state index is 12.8. The summed E-state index contributed by atoms with van der Waals surface area (Å²) in [7, 11) is 1.43. The number of aliphatic hydroxyl groups excluding tert-OH is 1. The third-order valence-electron chi connectivity index (χ3n) is 5.19. The van der Waals surface area contributed by atoms with Gasteiger partial charge in [-0.05, 0) is 49.4 Å². The molecular weight excluding hydrogens is 384 g/mol. The van der Waals surface area contributed by atoms with E-state index in [-0.39, 0.29) is 41.1 Å². The van der Waals surface area contributed by atoms with Gasteiger partial charge in [-0.1, -0.05) is 19.9 Å². The van der Waals surface area contributed by atoms with Gasteiger partial charge >= 0.3 is 5.97 Å². The number of phenolic OH excluding ortho intramolecular Hbond substituents is 1. The molecule has 1 unspecified atom stereocenters. The lowest BCUT2D eigenvalue weighted by atomic mass is 9.96. The summed E-state index contributed by atoms with van der Waals surface area (Å²) in [6, 6.07) is 5.11. The van der Waals surface area contributed by atoms with Gasteiger partial charge in [-0.15, -0.1) is 6.58 Å². The van der Waals surface area contributed by atoms with Gasteiger partial charge in [0.05, 0.1) is 13.2 Å². The summed E-state index contributed by atoms with van der Waals surface area (Å²) in [5.74, 6) is 0.290. The molecule has 0 fully saturated rings. The number of benzene rings is 2. The SMILES string of the molecule is C=CCc1c(C)cc2c(c1O)Oc1ccc(C(O)CC(C)C)c(OC)c1C(=O)OC2. The Bertz CT molecular complexity index is 976. The third-order valence-corrected chi connectivity index (χ3v) is 5.19. The Morgan fingerprint density at radius 1 is 1.33 bits per heavy atom. The highest BCUT2D eigenvalue weighted by molar-refractivity contribution is 5.96. The zero-order chi connectivity index (χ0) is 22.0. The first-order valence-electron chi connectivity index (χ1n) is 9.97. The predicted molar refractivity (Wildman–Crippen MR) is 113 cm³/mol. The fourth-order valence-electron chi connectivity index (χ4n) is 3.75. The fourth-order valence-corrected chi connectivity index (χ4v) is 3.75. The average Bonchev–Trinajstić information content (AvgIpc) is 2.69. The summed E-state index contributed by atoms with van der Waals surface area (Å²) in [5, 5.41) is 21.5. The van der Waals surface area contributed by atoms with Crippen LogP contribution in [0, 0.1) is 12.8 Å². The van der Waals surface area contributed by atoms with Crippen LogP contribution in [-0.2, 0) is 17.8 Å². The van der Waals surface area contributed by atoms with Crippen molar-refractivity contribution in [1.82, 2.24) is 0 Å². The van der Waals surface area contributed by atoms with Crippen LogP contribution in [0.1, 0.15) is 59.0 Å². The Morgan fingerprint density at radius 3 is 2.70 bits per heavy atom. The Balaban J connectivity index is 2.16. The van der Waals surface area contributed by atoms with Crippen LogP contribution in [0.4, 0.5) is 0 Å². The minimum Gasteiger partial charge on any atom is -0.504 e. The second kappa shape index (κ2) is 8.79. The molecule has 0 aliphatic carbocycles. The minimum atomic E-state index is -0.800. The predicted octanol–water partition coefficient (Wildman–Crippen LogP) is 4.98. The van der Waals surface area contributed by atoms with E-state index in [1.54, 1.807) is 18.2 Å². The second-order valence-corrected chi connectivity index (χ2v) is 7.89. The zero-order valence-corrected chi connectivity index (χ0v) is 17.8. The maximum absolute atomic E-state index is 12.8. The number of methoxy groups -OCH3 is 1. The first-order valence-corrected chi connectivity index (χ1v) is 9.97. The number of carbonyl (C=O) groups is 1. The molecule has 2 N–H and O–H groups in total. The fraction of sp³-hybridized carbons (Fsp3) is 0.375. The molecule has 0 saturated heterocycles. The van der Waals surface area contributed by atoms with Crippen LogP contribution in [0.5, 0.6) is 23.0 Å². The molecule has 1 heterocycles. The van der Waals surface area contributed by atoms with Crippen molar-refractivity contribution in [3.8, 4) is 23.0 Å². The number of hydrogen-bond acceptors (Lipinski definition) is 6. The molecule has 30 heavy (non-hydrogen) atoms. The van der Waals surface area contributed by atoms with Gasteiger partial charge in [0.25, 0.3) is 0 Å². The minimum absolute atomic E-state index is 0.00307. The normalized spacial score (nSPS) is 14.0. The molecule has 1 atom stereocenters. The molecular formula is C24H28O6. The van der Waals surface area contributed by atoms with Crippen LogP contribution in [-0.4, -0.2) is 23.3 Å². The van der Waals surface area contributed by atoms with Gasteiger partial charge in [0.1, 0.15) is 23.7 Å². The number of fused-ring (bicyclic) bond motifs is 2. The number of aromatic hydroxyl groups is 1. The van der Waals surface area contributed by atoms with Gasteiger partial charge in [0.2, 0.25) is 0 Å². The molecule has 1 aliphatic rings. The Kier molecular flexibility index (Phi) is 6.37. The number of allylic oxidation sites excluding steroid dienone is 1. The van der Waals surface area contributed by atoms with E-state index in [1.165, 1.54) is 7.11 Å². The molecule has 6 heteroatoms. The van der Waals surface area contributed by atoms with Crippen molar-refractivity contribution in [2.75, 3.05) is 7.11 Å². The monoisotopic (exact) mass is 412 g/mol. The molecule has 0 radical (unpaired) electrons. The van der Waals surface area contributed by atoms with E-state index in [2.05, 4.69) is 6.58 Å². The number of aliphatic hydroxyl groups is 1. The highest BCUT2D eigenvalue weighted by Gasteiger charge is 2.30. The summed E-state index contributed by atoms with van der Waals surface area (Å²) in [4.78, 5) is 12.8. The van der Waals surface area contributed by atoms with Crippen molar-refractivity contribution >= 4 is 5.97 Å². The van der Waals surface area contributed by atoms with Gasteiger partial charge in [0, 0.05) is 16.7 Å². The van der Waals surface area contributed by atoms with E-state index in [0.29, 0.717) is 29.5 Å². The number of hydrogen-bond donors (Lipinski definition) is 2. The van der Waals surface area contributed by atoms with Crippen molar-refractivity contribution in [3.63, 3.8) is 0 Å². The van der Waals surface area contributed by atoms with Crippen molar-refractivity contribution in [2.24, 2.45) is 5.92 Å². The van der Waals surface area contributed by atoms with E-state index >= 15 is 0 Å². The average molecular weight is 412 g/mol. The maximum Gasteiger partial charge on any atom is 0.346 e. The molecule has 0 saturated carbocycles. The van der Waals surface area contributed by atoms with Crippen LogP contribution in [0.25, 0.3) is 0 Å². The molecule has 0 amide bonds. The smallest absolute Gasteiger partial charge is 0.346 e. The second-order valence-electron chi connectivity index (χ2n) is 7.89. The van der Waals surface area contributed by atoms with E-state index in [4.69, 9.17) is 14.2 Å². The van der Waals surface area contributed by atoms with Gasteiger partial charge in [-0.25, -0.2) is 4.79 Å². The number of esters is 1. The van der Waals surface area contributed by atoms with Gasteiger partial charge in [-0.3, -0.25) is 0 Å². The molecule has 0 aromatic heterocycles. The Hall–Kier alpha value is -2.99. The molecule has 0 bridgehead atoms. The van der Waals surface area contributed by atoms with Crippen molar-refractivity contribution in [1.29, 1.82) is 0 Å². The van der Waals surface area contributed by atoms with Crippen LogP contribution in [0.3, 0.4) is 0 Å². The van der Waals surface area contributed by atoms with Gasteiger partial charge in [-0.2, -0.15) is 0 Å². The quantitative estimate of drug-likeness (QED) is 0.514. The van der Waals surface area contributed by atoms with E-state index < -0.39 is 12.1 Å². The molecule has 6 nitrogen and oxygen atoms in total. The lowest BCUT2D eigenvalue weighted by Gasteiger charge is -2.24. The highest BCUT2D eigenvalue weighted by atomic mass is 16.5. The number of aryl methyl sites for hydroxylation is 1. The van der Waals surface area contributed by atoms with E-state index in [9.17, 15) is 15.0 Å². The number of ether oxygens (including phenoxy) is 3. The third kappa shape index (κ3) is 4.00. The van der Waals surface area contributed by atoms with Gasteiger partial charge in [0.15, 0.2) is 11.5 Å². The molecule has 160 valence electrons. The topological polar surface area (TPSA) is 85.2 Å². The van der Waals surface area contributed by atoms with Crippen molar-refractivity contribution < 1.29 is 29.2 Å². The lowest BCUT2D eigenvalue weighted by molar-refractivity contribution is 0.0453. The number of cyclic esters (lactones) is 1. The summed E-state index contributed by atoms with van der Waals surface area (Å²) in [6.07, 6.45) is 1.89. The van der Waals surface area contributed by atoms with Crippen molar-refractivity contribution in [3.05, 3.63) is 58.7 Å². The Morgan fingerprint density at radius 2 is 2.07 bits per heavy atom. The first-order chi connectivity index (χ1) is 14.3. The molecule has 3 rings (SSSR count). The van der Waals surface area contributed by atoms with Crippen molar-refractivity contribution in [2.45, 2.75) is 46.3 Å². The first kappa shape index (κ1) is 21.7. The summed E-state index contributed by atoms with van der Waals surface area (Å²) >= 11 is 0. The molecule has 2 aromatic rings. The Labute approximate surface area is 176 Å². The molecule has 0 spiro atoms. The number of rotatable bonds is 6. The summed E-state index contributed by atoms with van der Waals surface area (Å²) in [5.41, 5.74) is 2.71. The van der Waals surface area contributed by atoms with E-state index in [1.807, 2.05) is 26.8 Å². The van der Waals surface area contributed by atoms with Crippen LogP contribution >= 0.6 is 0 Å². The molecule has 2 aromatic carbocycles. The van der Waals surface area contributed by atoms with Crippen LogP contribution in [0.15, 0.2) is 30.9 Å². The number of carbonyl (C=O) groups excluding carboxylic acids is 1. The van der Waals surface area contributed by atoms with E-state index in [0.717, 1.165) is 5.56 Å². The standard InChI is InChI=1S/C24H28O6/c1-6-7-16-14(4)11-15-12-29-24(27)20-19(30-22(15)21(16)26)9-8-17(23(20)28-5)18(25)10-13(2)3/h6,8-9,11,13,18,25-26H,1,7,10,12H2,2-5H3. The summed E-state index contributed by atoms with van der Waals surface area (Å²) in [6.45, 7) is 9.56.